The molecule has 1 saturated carbocycles. The molecule has 0 saturated heterocycles. The van der Waals surface area contributed by atoms with Crippen molar-refractivity contribution in [3.8, 4) is 0 Å². The third kappa shape index (κ3) is 2.68. The van der Waals surface area contributed by atoms with Gasteiger partial charge in [0.2, 0.25) is 0 Å². The Hall–Kier alpha value is -0.300. The van der Waals surface area contributed by atoms with Crippen LogP contribution < -0.4 is 0 Å². The molecule has 2 aliphatic carbocycles. The van der Waals surface area contributed by atoms with E-state index >= 15 is 0 Å². The van der Waals surface area contributed by atoms with Crippen LogP contribution in [0.4, 0.5) is 0 Å². The Bertz CT molecular complexity index is 246. The highest BCUT2D eigenvalue weighted by molar-refractivity contribution is 5.18. The summed E-state index contributed by atoms with van der Waals surface area (Å²) in [5.41, 5.74) is 0.954. The van der Waals surface area contributed by atoms with Gasteiger partial charge < -0.3 is 5.11 Å². The summed E-state index contributed by atoms with van der Waals surface area (Å²) in [6.07, 6.45) is 14.4. The van der Waals surface area contributed by atoms with Crippen molar-refractivity contribution in [1.82, 2.24) is 0 Å². The molecule has 0 aromatic carbocycles. The zero-order valence-corrected chi connectivity index (χ0v) is 10.7. The standard InChI is InChI=1S/C15H26O/c1-2-13-9-11-15(16,12-10-13)14-7-5-3-4-6-8-14/h7,13,16H,2-6,8-12H2,1H3. The first-order chi connectivity index (χ1) is 7.74. The number of hydrogen-bond acceptors (Lipinski definition) is 1. The lowest BCUT2D eigenvalue weighted by atomic mass is 9.73. The van der Waals surface area contributed by atoms with E-state index in [1.165, 1.54) is 50.5 Å². The van der Waals surface area contributed by atoms with E-state index < -0.39 is 5.60 Å². The van der Waals surface area contributed by atoms with E-state index in [0.29, 0.717) is 0 Å². The Morgan fingerprint density at radius 2 is 2.00 bits per heavy atom. The first kappa shape index (κ1) is 12.2. The lowest BCUT2D eigenvalue weighted by Gasteiger charge is -2.38. The van der Waals surface area contributed by atoms with Crippen LogP contribution in [0.25, 0.3) is 0 Å². The molecule has 2 aliphatic rings. The number of hydrogen-bond donors (Lipinski definition) is 1. The lowest BCUT2D eigenvalue weighted by Crippen LogP contribution is -2.36. The second kappa shape index (κ2) is 5.35. The maximum Gasteiger partial charge on any atom is 0.0857 e. The molecule has 1 heteroatoms. The van der Waals surface area contributed by atoms with Crippen molar-refractivity contribution in [1.29, 1.82) is 0 Å². The Labute approximate surface area is 99.9 Å². The molecular weight excluding hydrogens is 196 g/mol. The van der Waals surface area contributed by atoms with Gasteiger partial charge in [-0.15, -0.1) is 0 Å². The fraction of sp³-hybridized carbons (Fsp3) is 0.867. The Morgan fingerprint density at radius 3 is 2.69 bits per heavy atom. The fourth-order valence-electron chi connectivity index (χ4n) is 3.32. The number of allylic oxidation sites excluding steroid dienone is 1. The van der Waals surface area contributed by atoms with Crippen LogP contribution in [0.5, 0.6) is 0 Å². The zero-order valence-electron chi connectivity index (χ0n) is 10.7. The molecule has 1 fully saturated rings. The number of aliphatic hydroxyl groups is 1. The van der Waals surface area contributed by atoms with Gasteiger partial charge in [-0.05, 0) is 62.9 Å². The van der Waals surface area contributed by atoms with Crippen LogP contribution in [-0.4, -0.2) is 10.7 Å². The number of rotatable bonds is 2. The molecule has 0 radical (unpaired) electrons. The van der Waals surface area contributed by atoms with E-state index in [9.17, 15) is 5.11 Å². The predicted molar refractivity (Wildman–Crippen MR) is 68.4 cm³/mol. The minimum Gasteiger partial charge on any atom is -0.386 e. The molecule has 1 nitrogen and oxygen atoms in total. The molecule has 2 rings (SSSR count). The van der Waals surface area contributed by atoms with E-state index in [2.05, 4.69) is 13.0 Å². The smallest absolute Gasteiger partial charge is 0.0857 e. The lowest BCUT2D eigenvalue weighted by molar-refractivity contribution is 0.0207. The van der Waals surface area contributed by atoms with Crippen LogP contribution in [0.1, 0.15) is 71.1 Å². The van der Waals surface area contributed by atoms with E-state index in [0.717, 1.165) is 25.2 Å². The van der Waals surface area contributed by atoms with E-state index in [1.54, 1.807) is 0 Å². The normalized spacial score (nSPS) is 36.6. The quantitative estimate of drug-likeness (QED) is 0.694. The molecule has 0 aliphatic heterocycles. The molecule has 0 spiro atoms. The van der Waals surface area contributed by atoms with Crippen LogP contribution in [0, 0.1) is 5.92 Å². The molecule has 0 aromatic heterocycles. The van der Waals surface area contributed by atoms with Crippen LogP contribution >= 0.6 is 0 Å². The van der Waals surface area contributed by atoms with Gasteiger partial charge in [0.05, 0.1) is 5.60 Å². The van der Waals surface area contributed by atoms with Gasteiger partial charge in [-0.1, -0.05) is 25.8 Å². The molecule has 0 heterocycles. The topological polar surface area (TPSA) is 20.2 Å². The van der Waals surface area contributed by atoms with Gasteiger partial charge in [0.25, 0.3) is 0 Å². The summed E-state index contributed by atoms with van der Waals surface area (Å²) in [4.78, 5) is 0. The van der Waals surface area contributed by atoms with Gasteiger partial charge in [0.15, 0.2) is 0 Å². The van der Waals surface area contributed by atoms with Gasteiger partial charge in [-0.3, -0.25) is 0 Å². The molecule has 0 unspecified atom stereocenters. The third-order valence-corrected chi connectivity index (χ3v) is 4.65. The second-order valence-corrected chi connectivity index (χ2v) is 5.71. The molecule has 0 bridgehead atoms. The molecule has 16 heavy (non-hydrogen) atoms. The summed E-state index contributed by atoms with van der Waals surface area (Å²) in [7, 11) is 0. The van der Waals surface area contributed by atoms with Crippen molar-refractivity contribution < 1.29 is 5.11 Å². The van der Waals surface area contributed by atoms with Gasteiger partial charge in [-0.25, -0.2) is 0 Å². The SMILES string of the molecule is CCC1CCC(O)(C2=CCCCCC2)CC1. The van der Waals surface area contributed by atoms with E-state index in [-0.39, 0.29) is 0 Å². The van der Waals surface area contributed by atoms with E-state index in [4.69, 9.17) is 0 Å². The average Bonchev–Trinajstić information content (AvgIpc) is 2.59. The highest BCUT2D eigenvalue weighted by Gasteiger charge is 2.35. The maximum absolute atomic E-state index is 10.8. The van der Waals surface area contributed by atoms with Gasteiger partial charge in [-0.2, -0.15) is 0 Å². The van der Waals surface area contributed by atoms with Crippen LogP contribution in [0.15, 0.2) is 11.6 Å². The summed E-state index contributed by atoms with van der Waals surface area (Å²) in [6, 6.07) is 0. The summed E-state index contributed by atoms with van der Waals surface area (Å²) in [5, 5.41) is 10.8. The van der Waals surface area contributed by atoms with Crippen molar-refractivity contribution in [2.45, 2.75) is 76.7 Å². The van der Waals surface area contributed by atoms with Crippen molar-refractivity contribution >= 4 is 0 Å². The minimum absolute atomic E-state index is 0.421. The van der Waals surface area contributed by atoms with Crippen LogP contribution in [-0.2, 0) is 0 Å². The third-order valence-electron chi connectivity index (χ3n) is 4.65. The maximum atomic E-state index is 10.8. The second-order valence-electron chi connectivity index (χ2n) is 5.71. The molecule has 92 valence electrons. The molecule has 0 amide bonds. The minimum atomic E-state index is -0.421. The summed E-state index contributed by atoms with van der Waals surface area (Å²) in [5.74, 6) is 0.867. The highest BCUT2D eigenvalue weighted by Crippen LogP contribution is 2.40. The Kier molecular flexibility index (Phi) is 4.07. The van der Waals surface area contributed by atoms with Gasteiger partial charge in [0, 0.05) is 0 Å². The Morgan fingerprint density at radius 1 is 1.25 bits per heavy atom. The monoisotopic (exact) mass is 222 g/mol. The van der Waals surface area contributed by atoms with Crippen LogP contribution in [0.3, 0.4) is 0 Å². The van der Waals surface area contributed by atoms with E-state index in [1.807, 2.05) is 0 Å². The highest BCUT2D eigenvalue weighted by atomic mass is 16.3. The van der Waals surface area contributed by atoms with Gasteiger partial charge in [0.1, 0.15) is 0 Å². The largest absolute Gasteiger partial charge is 0.386 e. The molecule has 0 atom stereocenters. The van der Waals surface area contributed by atoms with Crippen molar-refractivity contribution in [2.24, 2.45) is 5.92 Å². The molecule has 0 aromatic rings. The zero-order chi connectivity index (χ0) is 11.4. The summed E-state index contributed by atoms with van der Waals surface area (Å²) < 4.78 is 0. The fourth-order valence-corrected chi connectivity index (χ4v) is 3.32. The van der Waals surface area contributed by atoms with Crippen molar-refractivity contribution in [2.75, 3.05) is 0 Å². The average molecular weight is 222 g/mol. The van der Waals surface area contributed by atoms with Crippen molar-refractivity contribution in [3.63, 3.8) is 0 Å². The molecular formula is C15H26O. The summed E-state index contributed by atoms with van der Waals surface area (Å²) in [6.45, 7) is 2.28. The molecule has 1 N–H and O–H groups in total. The van der Waals surface area contributed by atoms with Gasteiger partial charge >= 0.3 is 0 Å². The first-order valence-corrected chi connectivity index (χ1v) is 7.16. The predicted octanol–water partition coefficient (Wildman–Crippen LogP) is 4.21. The first-order valence-electron chi connectivity index (χ1n) is 7.16. The summed E-state index contributed by atoms with van der Waals surface area (Å²) >= 11 is 0. The van der Waals surface area contributed by atoms with Crippen LogP contribution in [0.2, 0.25) is 0 Å². The Balaban J connectivity index is 1.99. The van der Waals surface area contributed by atoms with Crippen molar-refractivity contribution in [3.05, 3.63) is 11.6 Å².